The van der Waals surface area contributed by atoms with E-state index in [0.29, 0.717) is 17.7 Å². The quantitative estimate of drug-likeness (QED) is 0.546. The lowest BCUT2D eigenvalue weighted by Gasteiger charge is -2.02. The summed E-state index contributed by atoms with van der Waals surface area (Å²) in [4.78, 5) is 23.8. The Hall–Kier alpha value is -3.16. The summed E-state index contributed by atoms with van der Waals surface area (Å²) in [5, 5.41) is 12.3. The summed E-state index contributed by atoms with van der Waals surface area (Å²) in [7, 11) is 0. The normalized spacial score (nSPS) is 10.7. The van der Waals surface area contributed by atoms with Gasteiger partial charge in [0.05, 0.1) is 6.26 Å². The third-order valence-corrected chi connectivity index (χ3v) is 3.27. The highest BCUT2D eigenvalue weighted by atomic mass is 19.1. The van der Waals surface area contributed by atoms with E-state index < -0.39 is 11.6 Å². The van der Waals surface area contributed by atoms with Gasteiger partial charge >= 0.3 is 0 Å². The van der Waals surface area contributed by atoms with E-state index in [1.165, 1.54) is 18.4 Å². The molecule has 0 amide bonds. The van der Waals surface area contributed by atoms with Crippen molar-refractivity contribution in [2.45, 2.75) is 12.8 Å². The van der Waals surface area contributed by atoms with Crippen LogP contribution in [0.4, 0.5) is 4.39 Å². The summed E-state index contributed by atoms with van der Waals surface area (Å²) in [6.07, 6.45) is 1.72. The van der Waals surface area contributed by atoms with Crippen molar-refractivity contribution in [1.29, 1.82) is 0 Å². The lowest BCUT2D eigenvalue weighted by molar-refractivity contribution is -0.114. The van der Waals surface area contributed by atoms with Crippen molar-refractivity contribution in [1.82, 2.24) is 20.6 Å². The monoisotopic (exact) mass is 314 g/mol. The van der Waals surface area contributed by atoms with Gasteiger partial charge in [-0.15, -0.1) is 10.2 Å². The lowest BCUT2D eigenvalue weighted by Crippen LogP contribution is -2.18. The molecule has 1 N–H and O–H groups in total. The highest BCUT2D eigenvalue weighted by molar-refractivity contribution is 6.43. The number of ketones is 2. The zero-order chi connectivity index (χ0) is 16.2. The summed E-state index contributed by atoms with van der Waals surface area (Å²) in [6, 6.07) is 7.59. The van der Waals surface area contributed by atoms with E-state index >= 15 is 0 Å². The number of carbonyl (C=O) groups excluding carboxylic acids is 2. The van der Waals surface area contributed by atoms with Crippen LogP contribution in [0.3, 0.4) is 0 Å². The number of hydrogen-bond acceptors (Lipinski definition) is 6. The first-order valence-electron chi connectivity index (χ1n) is 6.74. The van der Waals surface area contributed by atoms with Gasteiger partial charge < -0.3 is 4.42 Å². The molecule has 0 saturated heterocycles. The SMILES string of the molecule is O=C(Cc1ccoc1Cc1ccc(F)cc1)C(=O)c1nn[nH]n1. The average Bonchev–Trinajstić information content (AvgIpc) is 3.21. The molecule has 0 spiro atoms. The van der Waals surface area contributed by atoms with Crippen molar-refractivity contribution in [2.24, 2.45) is 0 Å². The van der Waals surface area contributed by atoms with Gasteiger partial charge in [0.25, 0.3) is 5.78 Å². The third-order valence-electron chi connectivity index (χ3n) is 3.27. The van der Waals surface area contributed by atoms with E-state index in [4.69, 9.17) is 4.42 Å². The summed E-state index contributed by atoms with van der Waals surface area (Å²) in [5.41, 5.74) is 1.43. The van der Waals surface area contributed by atoms with E-state index in [1.807, 2.05) is 0 Å². The number of nitrogens with one attached hydrogen (secondary N) is 1. The Kier molecular flexibility index (Phi) is 4.05. The van der Waals surface area contributed by atoms with Crippen LogP contribution in [-0.2, 0) is 17.6 Å². The first-order chi connectivity index (χ1) is 11.1. The molecular weight excluding hydrogens is 303 g/mol. The molecule has 2 heterocycles. The fourth-order valence-corrected chi connectivity index (χ4v) is 2.10. The topological polar surface area (TPSA) is 102 Å². The highest BCUT2D eigenvalue weighted by Crippen LogP contribution is 2.17. The molecule has 0 aliphatic carbocycles. The number of tetrazole rings is 1. The van der Waals surface area contributed by atoms with Gasteiger partial charge in [-0.3, -0.25) is 9.59 Å². The van der Waals surface area contributed by atoms with Crippen molar-refractivity contribution in [3.05, 3.63) is 65.1 Å². The number of aromatic nitrogens is 4. The fourth-order valence-electron chi connectivity index (χ4n) is 2.10. The number of rotatable bonds is 6. The number of aromatic amines is 1. The van der Waals surface area contributed by atoms with Gasteiger partial charge in [-0.05, 0) is 29.0 Å². The van der Waals surface area contributed by atoms with Crippen LogP contribution in [0.2, 0.25) is 0 Å². The first-order valence-corrected chi connectivity index (χ1v) is 6.74. The molecular formula is C15H11FN4O3. The van der Waals surface area contributed by atoms with E-state index in [-0.39, 0.29) is 18.1 Å². The minimum absolute atomic E-state index is 0.125. The molecule has 0 aliphatic heterocycles. The molecule has 2 aromatic heterocycles. The standard InChI is InChI=1S/C15H11FN4O3/c16-11-3-1-9(2-4-11)7-13-10(5-6-23-13)8-12(21)14(22)15-17-19-20-18-15/h1-6H,7-8H2,(H,17,18,19,20). The van der Waals surface area contributed by atoms with Gasteiger partial charge in [-0.25, -0.2) is 4.39 Å². The second kappa shape index (κ2) is 6.30. The predicted octanol–water partition coefficient (Wildman–Crippen LogP) is 1.52. The molecule has 3 rings (SSSR count). The highest BCUT2D eigenvalue weighted by Gasteiger charge is 2.22. The molecule has 0 unspecified atom stereocenters. The van der Waals surface area contributed by atoms with Gasteiger partial charge in [0.1, 0.15) is 11.6 Å². The summed E-state index contributed by atoms with van der Waals surface area (Å²) in [6.45, 7) is 0. The van der Waals surface area contributed by atoms with Gasteiger partial charge in [-0.1, -0.05) is 12.1 Å². The lowest BCUT2D eigenvalue weighted by atomic mass is 10.0. The zero-order valence-corrected chi connectivity index (χ0v) is 11.8. The molecule has 1 aromatic carbocycles. The van der Waals surface area contributed by atoms with Crippen LogP contribution in [0.5, 0.6) is 0 Å². The molecule has 0 bridgehead atoms. The van der Waals surface area contributed by atoms with Crippen molar-refractivity contribution in [3.63, 3.8) is 0 Å². The number of benzene rings is 1. The maximum Gasteiger partial charge on any atom is 0.269 e. The van der Waals surface area contributed by atoms with Crippen LogP contribution in [-0.4, -0.2) is 32.2 Å². The Balaban J connectivity index is 1.72. The average molecular weight is 314 g/mol. The number of carbonyl (C=O) groups is 2. The van der Waals surface area contributed by atoms with Crippen LogP contribution < -0.4 is 0 Å². The number of Topliss-reactive ketones (excluding diaryl/α,β-unsaturated/α-hetero) is 2. The molecule has 0 fully saturated rings. The van der Waals surface area contributed by atoms with Crippen molar-refractivity contribution in [3.8, 4) is 0 Å². The number of nitrogens with zero attached hydrogens (tertiary/aromatic N) is 3. The third kappa shape index (κ3) is 3.37. The maximum atomic E-state index is 12.9. The first kappa shape index (κ1) is 14.8. The Morgan fingerprint density at radius 1 is 1.17 bits per heavy atom. The molecule has 116 valence electrons. The molecule has 3 aromatic rings. The van der Waals surface area contributed by atoms with E-state index in [9.17, 15) is 14.0 Å². The van der Waals surface area contributed by atoms with Crippen LogP contribution in [0.15, 0.2) is 41.0 Å². The molecule has 23 heavy (non-hydrogen) atoms. The molecule has 0 aliphatic rings. The fraction of sp³-hybridized carbons (Fsp3) is 0.133. The Bertz CT molecular complexity index is 825. The Morgan fingerprint density at radius 3 is 2.65 bits per heavy atom. The number of furan rings is 1. The Labute approximate surface area is 129 Å². The van der Waals surface area contributed by atoms with E-state index in [1.54, 1.807) is 18.2 Å². The van der Waals surface area contributed by atoms with Crippen molar-refractivity contribution >= 4 is 11.6 Å². The minimum atomic E-state index is -0.812. The van der Waals surface area contributed by atoms with Crippen LogP contribution >= 0.6 is 0 Å². The van der Waals surface area contributed by atoms with Gasteiger partial charge in [-0.2, -0.15) is 5.21 Å². The number of halogens is 1. The molecule has 0 saturated carbocycles. The summed E-state index contributed by atoms with van der Waals surface area (Å²) < 4.78 is 18.3. The second-order valence-corrected chi connectivity index (χ2v) is 4.84. The summed E-state index contributed by atoms with van der Waals surface area (Å²) >= 11 is 0. The van der Waals surface area contributed by atoms with Crippen molar-refractivity contribution < 1.29 is 18.4 Å². The van der Waals surface area contributed by atoms with Crippen LogP contribution in [0.1, 0.15) is 27.5 Å². The minimum Gasteiger partial charge on any atom is -0.469 e. The summed E-state index contributed by atoms with van der Waals surface area (Å²) in [5.74, 6) is -1.51. The smallest absolute Gasteiger partial charge is 0.269 e. The molecule has 7 nitrogen and oxygen atoms in total. The zero-order valence-electron chi connectivity index (χ0n) is 11.8. The van der Waals surface area contributed by atoms with E-state index in [0.717, 1.165) is 5.56 Å². The largest absolute Gasteiger partial charge is 0.469 e. The van der Waals surface area contributed by atoms with Crippen LogP contribution in [0, 0.1) is 5.82 Å². The molecule has 0 radical (unpaired) electrons. The molecule has 0 atom stereocenters. The van der Waals surface area contributed by atoms with Crippen molar-refractivity contribution in [2.75, 3.05) is 0 Å². The van der Waals surface area contributed by atoms with Gasteiger partial charge in [0.2, 0.25) is 11.6 Å². The number of hydrogen-bond donors (Lipinski definition) is 1. The second-order valence-electron chi connectivity index (χ2n) is 4.84. The molecule has 8 heteroatoms. The van der Waals surface area contributed by atoms with Crippen LogP contribution in [0.25, 0.3) is 0 Å². The van der Waals surface area contributed by atoms with Gasteiger partial charge in [0.15, 0.2) is 0 Å². The van der Waals surface area contributed by atoms with Gasteiger partial charge in [0, 0.05) is 18.4 Å². The van der Waals surface area contributed by atoms with E-state index in [2.05, 4.69) is 20.6 Å². The predicted molar refractivity (Wildman–Crippen MR) is 75.1 cm³/mol. The Morgan fingerprint density at radius 2 is 1.96 bits per heavy atom. The maximum absolute atomic E-state index is 12.9. The number of H-pyrrole nitrogens is 1.